The van der Waals surface area contributed by atoms with Crippen LogP contribution in [0.3, 0.4) is 0 Å². The summed E-state index contributed by atoms with van der Waals surface area (Å²) in [4.78, 5) is 0. The molecule has 5 heteroatoms. The predicted octanol–water partition coefficient (Wildman–Crippen LogP) is -1.46. The van der Waals surface area contributed by atoms with Crippen LogP contribution in [0.25, 0.3) is 0 Å². The molecular formula is C10H23NO4. The molecule has 1 aromatic rings. The lowest BCUT2D eigenvalue weighted by molar-refractivity contribution is 0.608. The zero-order valence-corrected chi connectivity index (χ0v) is 9.17. The standard InChI is InChI=1S/C10H15N.4H2O/c1-9(11-2)8-10-6-4-3-5-7-10;;;;/h3-7,9,11H,8H2,1-2H3;4*1H2/t9-;;;;/m0..../s1. The summed E-state index contributed by atoms with van der Waals surface area (Å²) in [5, 5.41) is 3.21. The highest BCUT2D eigenvalue weighted by molar-refractivity contribution is 5.15. The SMILES string of the molecule is CN[C@@H](C)Cc1ccccc1.O.O.O.O. The van der Waals surface area contributed by atoms with Gasteiger partial charge in [-0.2, -0.15) is 0 Å². The van der Waals surface area contributed by atoms with Crippen molar-refractivity contribution < 1.29 is 21.9 Å². The van der Waals surface area contributed by atoms with Crippen LogP contribution in [-0.2, 0) is 6.42 Å². The molecule has 0 aliphatic heterocycles. The van der Waals surface area contributed by atoms with Gasteiger partial charge >= 0.3 is 0 Å². The van der Waals surface area contributed by atoms with Crippen LogP contribution in [0.5, 0.6) is 0 Å². The van der Waals surface area contributed by atoms with Gasteiger partial charge in [-0.05, 0) is 26.0 Å². The molecule has 1 rings (SSSR count). The molecule has 0 saturated heterocycles. The first-order chi connectivity index (χ1) is 5.33. The van der Waals surface area contributed by atoms with Gasteiger partial charge in [-0.1, -0.05) is 30.3 Å². The van der Waals surface area contributed by atoms with Crippen molar-refractivity contribution in [2.45, 2.75) is 19.4 Å². The lowest BCUT2D eigenvalue weighted by Crippen LogP contribution is -2.23. The van der Waals surface area contributed by atoms with Crippen LogP contribution in [0.4, 0.5) is 0 Å². The molecule has 0 aliphatic carbocycles. The average molecular weight is 221 g/mol. The number of benzene rings is 1. The fraction of sp³-hybridized carbons (Fsp3) is 0.400. The van der Waals surface area contributed by atoms with E-state index in [1.807, 2.05) is 13.1 Å². The maximum Gasteiger partial charge on any atom is 0.00761 e. The van der Waals surface area contributed by atoms with Crippen molar-refractivity contribution in [3.8, 4) is 0 Å². The second kappa shape index (κ2) is 13.0. The van der Waals surface area contributed by atoms with Crippen molar-refractivity contribution in [1.82, 2.24) is 5.32 Å². The highest BCUT2D eigenvalue weighted by Gasteiger charge is 1.97. The Bertz CT molecular complexity index is 206. The molecule has 0 spiro atoms. The van der Waals surface area contributed by atoms with Gasteiger partial charge in [0.15, 0.2) is 0 Å². The normalized spacial score (nSPS) is 9.47. The summed E-state index contributed by atoms with van der Waals surface area (Å²) in [5.74, 6) is 0. The highest BCUT2D eigenvalue weighted by atomic mass is 16.0. The molecule has 0 aliphatic rings. The minimum Gasteiger partial charge on any atom is -0.412 e. The molecule has 0 unspecified atom stereocenters. The number of nitrogens with one attached hydrogen (secondary N) is 1. The molecule has 92 valence electrons. The summed E-state index contributed by atoms with van der Waals surface area (Å²) in [5.41, 5.74) is 1.40. The Morgan fingerprint density at radius 1 is 1.00 bits per heavy atom. The van der Waals surface area contributed by atoms with Gasteiger partial charge in [0.25, 0.3) is 0 Å². The van der Waals surface area contributed by atoms with Crippen molar-refractivity contribution in [3.05, 3.63) is 35.9 Å². The molecular weight excluding hydrogens is 198 g/mol. The van der Waals surface area contributed by atoms with E-state index in [2.05, 4.69) is 36.5 Å². The molecule has 0 aromatic heterocycles. The molecule has 1 atom stereocenters. The van der Waals surface area contributed by atoms with Gasteiger partial charge < -0.3 is 27.2 Å². The van der Waals surface area contributed by atoms with Crippen molar-refractivity contribution in [2.24, 2.45) is 0 Å². The molecule has 0 saturated carbocycles. The van der Waals surface area contributed by atoms with E-state index in [1.54, 1.807) is 0 Å². The lowest BCUT2D eigenvalue weighted by Gasteiger charge is -2.08. The topological polar surface area (TPSA) is 138 Å². The van der Waals surface area contributed by atoms with Crippen LogP contribution in [0.2, 0.25) is 0 Å². The Morgan fingerprint density at radius 2 is 1.47 bits per heavy atom. The predicted molar refractivity (Wildman–Crippen MR) is 63.1 cm³/mol. The van der Waals surface area contributed by atoms with Crippen LogP contribution in [0, 0.1) is 0 Å². The van der Waals surface area contributed by atoms with Gasteiger partial charge in [0.05, 0.1) is 0 Å². The first-order valence-electron chi connectivity index (χ1n) is 4.04. The van der Waals surface area contributed by atoms with Gasteiger partial charge in [0.1, 0.15) is 0 Å². The summed E-state index contributed by atoms with van der Waals surface area (Å²) in [6.07, 6.45) is 1.11. The average Bonchev–Trinajstić information content (AvgIpc) is 2.06. The zero-order valence-electron chi connectivity index (χ0n) is 9.17. The molecule has 0 heterocycles. The van der Waals surface area contributed by atoms with Crippen LogP contribution in [-0.4, -0.2) is 35.0 Å². The van der Waals surface area contributed by atoms with Crippen molar-refractivity contribution in [3.63, 3.8) is 0 Å². The summed E-state index contributed by atoms with van der Waals surface area (Å²) in [7, 11) is 1.99. The van der Waals surface area contributed by atoms with Crippen LogP contribution < -0.4 is 5.32 Å². The van der Waals surface area contributed by atoms with Crippen molar-refractivity contribution in [1.29, 1.82) is 0 Å². The monoisotopic (exact) mass is 221 g/mol. The zero-order chi connectivity index (χ0) is 8.10. The molecule has 0 fully saturated rings. The highest BCUT2D eigenvalue weighted by Crippen LogP contribution is 2.01. The molecule has 15 heavy (non-hydrogen) atoms. The van der Waals surface area contributed by atoms with Gasteiger partial charge in [-0.15, -0.1) is 0 Å². The smallest absolute Gasteiger partial charge is 0.00761 e. The Hall–Kier alpha value is -0.980. The van der Waals surface area contributed by atoms with Gasteiger partial charge in [0.2, 0.25) is 0 Å². The van der Waals surface area contributed by atoms with E-state index in [1.165, 1.54) is 5.56 Å². The summed E-state index contributed by atoms with van der Waals surface area (Å²) >= 11 is 0. The van der Waals surface area contributed by atoms with Crippen LogP contribution in [0.15, 0.2) is 30.3 Å². The van der Waals surface area contributed by atoms with Crippen molar-refractivity contribution >= 4 is 0 Å². The van der Waals surface area contributed by atoms with E-state index in [9.17, 15) is 0 Å². The quantitative estimate of drug-likeness (QED) is 0.654. The molecule has 5 nitrogen and oxygen atoms in total. The minimum absolute atomic E-state index is 0. The molecule has 0 amide bonds. The molecule has 0 bridgehead atoms. The molecule has 9 N–H and O–H groups in total. The lowest BCUT2D eigenvalue weighted by atomic mass is 10.1. The maximum atomic E-state index is 3.21. The molecule has 0 radical (unpaired) electrons. The Kier molecular flexibility index (Phi) is 20.5. The number of rotatable bonds is 3. The minimum atomic E-state index is 0. The fourth-order valence-corrected chi connectivity index (χ4v) is 1.07. The van der Waals surface area contributed by atoms with E-state index in [0.717, 1.165) is 6.42 Å². The number of hydrogen-bond acceptors (Lipinski definition) is 1. The first-order valence-corrected chi connectivity index (χ1v) is 4.04. The number of hydrogen-bond donors (Lipinski definition) is 1. The van der Waals surface area contributed by atoms with Crippen molar-refractivity contribution in [2.75, 3.05) is 7.05 Å². The van der Waals surface area contributed by atoms with Gasteiger partial charge in [-0.25, -0.2) is 0 Å². The third-order valence-corrected chi connectivity index (χ3v) is 1.88. The third kappa shape index (κ3) is 9.33. The summed E-state index contributed by atoms with van der Waals surface area (Å²) in [6.45, 7) is 2.19. The summed E-state index contributed by atoms with van der Waals surface area (Å²) < 4.78 is 0. The van der Waals surface area contributed by atoms with Gasteiger partial charge in [0, 0.05) is 6.04 Å². The number of likely N-dealkylation sites (N-methyl/N-ethyl adjacent to an activating group) is 1. The van der Waals surface area contributed by atoms with Crippen LogP contribution >= 0.6 is 0 Å². The van der Waals surface area contributed by atoms with E-state index in [0.29, 0.717) is 6.04 Å². The van der Waals surface area contributed by atoms with Gasteiger partial charge in [-0.3, -0.25) is 0 Å². The third-order valence-electron chi connectivity index (χ3n) is 1.88. The van der Waals surface area contributed by atoms with Crippen LogP contribution in [0.1, 0.15) is 12.5 Å². The summed E-state index contributed by atoms with van der Waals surface area (Å²) in [6, 6.07) is 11.1. The maximum absolute atomic E-state index is 3.21. The fourth-order valence-electron chi connectivity index (χ4n) is 1.07. The second-order valence-electron chi connectivity index (χ2n) is 2.88. The Labute approximate surface area is 90.4 Å². The largest absolute Gasteiger partial charge is 0.412 e. The Morgan fingerprint density at radius 3 is 1.87 bits per heavy atom. The molecule has 1 aromatic carbocycles. The first kappa shape index (κ1) is 23.7. The Balaban J connectivity index is -0.000000151. The van der Waals surface area contributed by atoms with E-state index < -0.39 is 0 Å². The second-order valence-corrected chi connectivity index (χ2v) is 2.88. The van der Waals surface area contributed by atoms with E-state index >= 15 is 0 Å². The van der Waals surface area contributed by atoms with E-state index in [4.69, 9.17) is 0 Å². The van der Waals surface area contributed by atoms with E-state index in [-0.39, 0.29) is 21.9 Å².